The fourth-order valence-corrected chi connectivity index (χ4v) is 3.82. The normalized spacial score (nSPS) is 17.2. The first kappa shape index (κ1) is 17.6. The second-order valence-corrected chi connectivity index (χ2v) is 6.70. The maximum absolute atomic E-state index is 12.8. The third-order valence-electron chi connectivity index (χ3n) is 5.22. The Bertz CT molecular complexity index is 642. The molecule has 0 spiro atoms. The highest BCUT2D eigenvalue weighted by molar-refractivity contribution is 5.90. The smallest absolute Gasteiger partial charge is 0.232 e. The minimum Gasteiger partial charge on any atom is -0.379 e. The van der Waals surface area contributed by atoms with Crippen molar-refractivity contribution >= 4 is 5.91 Å². The number of carbonyl (C=O) groups is 1. The molecule has 1 amide bonds. The summed E-state index contributed by atoms with van der Waals surface area (Å²) in [7, 11) is 0. The van der Waals surface area contributed by atoms with Gasteiger partial charge in [0, 0.05) is 19.1 Å². The summed E-state index contributed by atoms with van der Waals surface area (Å²) in [6.07, 6.45) is 0.649. The lowest BCUT2D eigenvalue weighted by Gasteiger charge is -2.39. The summed E-state index contributed by atoms with van der Waals surface area (Å²) >= 11 is 0. The third-order valence-corrected chi connectivity index (χ3v) is 5.22. The van der Waals surface area contributed by atoms with Crippen molar-refractivity contribution in [1.29, 1.82) is 0 Å². The highest BCUT2D eigenvalue weighted by Gasteiger charge is 2.42. The minimum absolute atomic E-state index is 0.219. The van der Waals surface area contributed by atoms with E-state index in [4.69, 9.17) is 10.5 Å². The van der Waals surface area contributed by atoms with E-state index in [1.807, 2.05) is 60.7 Å². The maximum Gasteiger partial charge on any atom is 0.232 e. The molecule has 0 unspecified atom stereocenters. The van der Waals surface area contributed by atoms with Crippen LogP contribution in [-0.4, -0.2) is 43.2 Å². The summed E-state index contributed by atoms with van der Waals surface area (Å²) in [5.41, 5.74) is 7.10. The lowest BCUT2D eigenvalue weighted by atomic mass is 9.69. The molecule has 2 aromatic rings. The van der Waals surface area contributed by atoms with E-state index in [1.54, 1.807) is 0 Å². The standard InChI is InChI=1S/C21H26N2O2/c1-17(23-12-14-25-15-13-23)16-21(20(22)24,18-8-4-2-5-9-18)19-10-6-3-7-11-19/h2-11,17H,12-16H2,1H3,(H2,22,24)/t17-/m1/s1. The summed E-state index contributed by atoms with van der Waals surface area (Å²) in [5.74, 6) is -0.301. The van der Waals surface area contributed by atoms with Crippen LogP contribution in [0.25, 0.3) is 0 Å². The Labute approximate surface area is 149 Å². The topological polar surface area (TPSA) is 55.6 Å². The summed E-state index contributed by atoms with van der Waals surface area (Å²) < 4.78 is 5.46. The average Bonchev–Trinajstić information content (AvgIpc) is 2.67. The van der Waals surface area contributed by atoms with Crippen molar-refractivity contribution < 1.29 is 9.53 Å². The van der Waals surface area contributed by atoms with E-state index in [9.17, 15) is 4.79 Å². The van der Waals surface area contributed by atoms with Crippen LogP contribution in [0.3, 0.4) is 0 Å². The number of rotatable bonds is 6. The molecule has 0 saturated carbocycles. The number of nitrogens with two attached hydrogens (primary N) is 1. The Morgan fingerprint density at radius 3 is 1.96 bits per heavy atom. The highest BCUT2D eigenvalue weighted by atomic mass is 16.5. The number of ether oxygens (including phenoxy) is 1. The van der Waals surface area contributed by atoms with Crippen molar-refractivity contribution in [3.63, 3.8) is 0 Å². The average molecular weight is 338 g/mol. The summed E-state index contributed by atoms with van der Waals surface area (Å²) in [6.45, 7) is 5.43. The third kappa shape index (κ3) is 3.60. The molecule has 25 heavy (non-hydrogen) atoms. The highest BCUT2D eigenvalue weighted by Crippen LogP contribution is 2.37. The minimum atomic E-state index is -0.833. The van der Waals surface area contributed by atoms with Gasteiger partial charge in [0.1, 0.15) is 5.41 Å². The fraction of sp³-hybridized carbons (Fsp3) is 0.381. The molecule has 0 aliphatic carbocycles. The molecule has 1 saturated heterocycles. The fourth-order valence-electron chi connectivity index (χ4n) is 3.82. The predicted molar refractivity (Wildman–Crippen MR) is 99.3 cm³/mol. The monoisotopic (exact) mass is 338 g/mol. The van der Waals surface area contributed by atoms with Gasteiger partial charge in [0.2, 0.25) is 5.91 Å². The summed E-state index contributed by atoms with van der Waals surface area (Å²) in [5, 5.41) is 0. The Morgan fingerprint density at radius 2 is 1.52 bits per heavy atom. The zero-order valence-corrected chi connectivity index (χ0v) is 14.7. The molecule has 0 aromatic heterocycles. The largest absolute Gasteiger partial charge is 0.379 e. The van der Waals surface area contributed by atoms with Crippen LogP contribution < -0.4 is 5.73 Å². The second kappa shape index (κ2) is 7.81. The quantitative estimate of drug-likeness (QED) is 0.881. The van der Waals surface area contributed by atoms with Gasteiger partial charge in [0.05, 0.1) is 13.2 Å². The lowest BCUT2D eigenvalue weighted by molar-refractivity contribution is -0.123. The molecule has 1 atom stereocenters. The zero-order valence-electron chi connectivity index (χ0n) is 14.7. The molecule has 0 radical (unpaired) electrons. The molecule has 1 aliphatic heterocycles. The Balaban J connectivity index is 2.03. The van der Waals surface area contributed by atoms with E-state index >= 15 is 0 Å². The van der Waals surface area contributed by atoms with E-state index < -0.39 is 5.41 Å². The molecule has 1 aliphatic rings. The van der Waals surface area contributed by atoms with Crippen molar-refractivity contribution in [2.24, 2.45) is 5.73 Å². The second-order valence-electron chi connectivity index (χ2n) is 6.70. The SMILES string of the molecule is C[C@H](CC(C(N)=O)(c1ccccc1)c1ccccc1)N1CCOCC1. The molecular weight excluding hydrogens is 312 g/mol. The van der Waals surface area contributed by atoms with Crippen LogP contribution in [0.1, 0.15) is 24.5 Å². The first-order chi connectivity index (χ1) is 12.1. The molecule has 132 valence electrons. The van der Waals surface area contributed by atoms with Gasteiger partial charge < -0.3 is 10.5 Å². The number of hydrogen-bond donors (Lipinski definition) is 1. The van der Waals surface area contributed by atoms with E-state index in [-0.39, 0.29) is 11.9 Å². The molecular formula is C21H26N2O2. The molecule has 2 N–H and O–H groups in total. The van der Waals surface area contributed by atoms with Crippen LogP contribution in [0.15, 0.2) is 60.7 Å². The Morgan fingerprint density at radius 1 is 1.04 bits per heavy atom. The van der Waals surface area contributed by atoms with Crippen molar-refractivity contribution in [3.8, 4) is 0 Å². The molecule has 3 rings (SSSR count). The van der Waals surface area contributed by atoms with Crippen LogP contribution in [-0.2, 0) is 14.9 Å². The Hall–Kier alpha value is -2.17. The van der Waals surface area contributed by atoms with Gasteiger partial charge in [-0.1, -0.05) is 60.7 Å². The molecule has 4 nitrogen and oxygen atoms in total. The van der Waals surface area contributed by atoms with Crippen LogP contribution in [0, 0.1) is 0 Å². The predicted octanol–water partition coefficient (Wildman–Crippen LogP) is 2.57. The molecule has 0 bridgehead atoms. The van der Waals surface area contributed by atoms with Gasteiger partial charge in [-0.15, -0.1) is 0 Å². The van der Waals surface area contributed by atoms with Crippen molar-refractivity contribution in [1.82, 2.24) is 4.90 Å². The Kier molecular flexibility index (Phi) is 5.51. The number of carbonyl (C=O) groups excluding carboxylic acids is 1. The number of amides is 1. The van der Waals surface area contributed by atoms with Crippen LogP contribution in [0.5, 0.6) is 0 Å². The first-order valence-corrected chi connectivity index (χ1v) is 8.87. The van der Waals surface area contributed by atoms with E-state index in [1.165, 1.54) is 0 Å². The summed E-state index contributed by atoms with van der Waals surface area (Å²) in [4.78, 5) is 15.2. The number of nitrogens with zero attached hydrogens (tertiary/aromatic N) is 1. The maximum atomic E-state index is 12.8. The van der Waals surface area contributed by atoms with Crippen molar-refractivity contribution in [2.75, 3.05) is 26.3 Å². The zero-order chi connectivity index (χ0) is 17.7. The molecule has 2 aromatic carbocycles. The van der Waals surface area contributed by atoms with E-state index in [2.05, 4.69) is 11.8 Å². The van der Waals surface area contributed by atoms with Gasteiger partial charge in [0.25, 0.3) is 0 Å². The van der Waals surface area contributed by atoms with E-state index in [0.29, 0.717) is 6.42 Å². The van der Waals surface area contributed by atoms with Gasteiger partial charge in [-0.05, 0) is 24.5 Å². The van der Waals surface area contributed by atoms with Crippen LogP contribution >= 0.6 is 0 Å². The van der Waals surface area contributed by atoms with Crippen molar-refractivity contribution in [2.45, 2.75) is 24.8 Å². The van der Waals surface area contributed by atoms with Crippen molar-refractivity contribution in [3.05, 3.63) is 71.8 Å². The van der Waals surface area contributed by atoms with Gasteiger partial charge in [-0.2, -0.15) is 0 Å². The van der Waals surface area contributed by atoms with Gasteiger partial charge in [-0.25, -0.2) is 0 Å². The van der Waals surface area contributed by atoms with Gasteiger partial charge in [-0.3, -0.25) is 9.69 Å². The number of hydrogen-bond acceptors (Lipinski definition) is 3. The van der Waals surface area contributed by atoms with Gasteiger partial charge >= 0.3 is 0 Å². The van der Waals surface area contributed by atoms with Gasteiger partial charge in [0.15, 0.2) is 0 Å². The molecule has 1 fully saturated rings. The molecule has 4 heteroatoms. The van der Waals surface area contributed by atoms with E-state index in [0.717, 1.165) is 37.4 Å². The number of morpholine rings is 1. The van der Waals surface area contributed by atoms with Crippen LogP contribution in [0.2, 0.25) is 0 Å². The first-order valence-electron chi connectivity index (χ1n) is 8.87. The summed E-state index contributed by atoms with van der Waals surface area (Å²) in [6, 6.07) is 20.0. The molecule has 1 heterocycles. The van der Waals surface area contributed by atoms with Crippen LogP contribution in [0.4, 0.5) is 0 Å². The lowest BCUT2D eigenvalue weighted by Crippen LogP contribution is -2.50. The number of primary amides is 1. The number of benzene rings is 2.